The molecule has 0 aliphatic rings. The Labute approximate surface area is 204 Å². The van der Waals surface area contributed by atoms with Crippen molar-refractivity contribution in [2.75, 3.05) is 11.9 Å². The zero-order valence-corrected chi connectivity index (χ0v) is 19.5. The molecule has 10 heteroatoms. The Kier molecular flexibility index (Phi) is 8.16. The number of benzene rings is 3. The largest absolute Gasteiger partial charge is 0.506 e. The topological polar surface area (TPSA) is 100 Å². The third-order valence-electron chi connectivity index (χ3n) is 4.34. The van der Waals surface area contributed by atoms with E-state index in [4.69, 9.17) is 39.5 Å². The molecule has 3 rings (SSSR count). The molecular weight excluding hydrogens is 489 g/mol. The minimum absolute atomic E-state index is 0.0723. The van der Waals surface area contributed by atoms with Gasteiger partial charge < -0.3 is 15.2 Å². The first-order valence-electron chi connectivity index (χ1n) is 9.52. The molecule has 0 aromatic heterocycles. The Morgan fingerprint density at radius 3 is 2.42 bits per heavy atom. The molecule has 0 saturated heterocycles. The lowest BCUT2D eigenvalue weighted by Crippen LogP contribution is -2.20. The number of hydrogen-bond donors (Lipinski definition) is 3. The highest BCUT2D eigenvalue weighted by atomic mass is 35.5. The lowest BCUT2D eigenvalue weighted by molar-refractivity contribution is -0.118. The Hall–Kier alpha value is -3.26. The van der Waals surface area contributed by atoms with E-state index in [9.17, 15) is 14.7 Å². The minimum atomic E-state index is -0.474. The predicted octanol–water partition coefficient (Wildman–Crippen LogP) is 5.44. The van der Waals surface area contributed by atoms with Gasteiger partial charge in [-0.15, -0.1) is 0 Å². The Balaban J connectivity index is 1.54. The summed E-state index contributed by atoms with van der Waals surface area (Å²) in [4.78, 5) is 24.2. The average Bonchev–Trinajstić information content (AvgIpc) is 2.74. The van der Waals surface area contributed by atoms with Crippen LogP contribution in [-0.2, 0) is 4.79 Å². The highest BCUT2D eigenvalue weighted by Gasteiger charge is 2.08. The van der Waals surface area contributed by atoms with Gasteiger partial charge in [-0.2, -0.15) is 5.10 Å². The monoisotopic (exact) mass is 505 g/mol. The molecule has 0 radical (unpaired) electrons. The van der Waals surface area contributed by atoms with E-state index < -0.39 is 5.91 Å². The third kappa shape index (κ3) is 7.12. The van der Waals surface area contributed by atoms with Crippen LogP contribution in [0, 0.1) is 6.92 Å². The third-order valence-corrected chi connectivity index (χ3v) is 5.08. The van der Waals surface area contributed by atoms with Gasteiger partial charge >= 0.3 is 0 Å². The number of carbonyl (C=O) groups is 2. The van der Waals surface area contributed by atoms with Crippen LogP contribution in [0.2, 0.25) is 15.1 Å². The van der Waals surface area contributed by atoms with E-state index in [1.54, 1.807) is 36.4 Å². The summed E-state index contributed by atoms with van der Waals surface area (Å²) in [5, 5.41) is 16.9. The molecule has 3 aromatic rings. The van der Waals surface area contributed by atoms with E-state index in [1.165, 1.54) is 24.4 Å². The number of halogens is 3. The minimum Gasteiger partial charge on any atom is -0.506 e. The first kappa shape index (κ1) is 24.4. The first-order valence-corrected chi connectivity index (χ1v) is 10.7. The van der Waals surface area contributed by atoms with Crippen LogP contribution < -0.4 is 15.5 Å². The second-order valence-electron chi connectivity index (χ2n) is 6.88. The van der Waals surface area contributed by atoms with Gasteiger partial charge in [0.25, 0.3) is 11.8 Å². The summed E-state index contributed by atoms with van der Waals surface area (Å²) in [6, 6.07) is 14.0. The number of nitrogens with one attached hydrogen (secondary N) is 2. The van der Waals surface area contributed by atoms with Crippen molar-refractivity contribution in [3.63, 3.8) is 0 Å². The van der Waals surface area contributed by atoms with Crippen LogP contribution in [0.15, 0.2) is 59.7 Å². The standard InChI is InChI=1S/C23H18Cl3N3O4/c1-13-6-19(33-12-22(31)28-18-9-16(24)8-17(25)10-18)4-2-15(13)11-27-29-23(32)14-3-5-21(30)20(26)7-14/h2-11,30H,12H2,1H3,(H,28,31)(H,29,32)/b27-11+. The molecule has 0 fully saturated rings. The van der Waals surface area contributed by atoms with Crippen molar-refractivity contribution in [1.82, 2.24) is 5.43 Å². The fraction of sp³-hybridized carbons (Fsp3) is 0.0870. The first-order chi connectivity index (χ1) is 15.7. The van der Waals surface area contributed by atoms with E-state index in [2.05, 4.69) is 15.8 Å². The molecule has 170 valence electrons. The van der Waals surface area contributed by atoms with Crippen LogP contribution in [0.1, 0.15) is 21.5 Å². The van der Waals surface area contributed by atoms with Crippen molar-refractivity contribution >= 4 is 58.5 Å². The zero-order valence-electron chi connectivity index (χ0n) is 17.2. The van der Waals surface area contributed by atoms with Crippen LogP contribution >= 0.6 is 34.8 Å². The smallest absolute Gasteiger partial charge is 0.271 e. The van der Waals surface area contributed by atoms with E-state index in [-0.39, 0.29) is 28.8 Å². The number of nitrogens with zero attached hydrogens (tertiary/aromatic N) is 1. The van der Waals surface area contributed by atoms with E-state index in [0.29, 0.717) is 21.5 Å². The number of amides is 2. The molecular formula is C23H18Cl3N3O4. The number of rotatable bonds is 7. The number of phenols is 1. The predicted molar refractivity (Wildman–Crippen MR) is 130 cm³/mol. The molecule has 0 aliphatic carbocycles. The average molecular weight is 507 g/mol. The number of aromatic hydroxyl groups is 1. The molecule has 3 aromatic carbocycles. The highest BCUT2D eigenvalue weighted by Crippen LogP contribution is 2.24. The molecule has 7 nitrogen and oxygen atoms in total. The van der Waals surface area contributed by atoms with Gasteiger partial charge in [-0.3, -0.25) is 9.59 Å². The molecule has 0 saturated carbocycles. The van der Waals surface area contributed by atoms with Crippen molar-refractivity contribution in [2.24, 2.45) is 5.10 Å². The lowest BCUT2D eigenvalue weighted by Gasteiger charge is -2.10. The van der Waals surface area contributed by atoms with E-state index in [0.717, 1.165) is 11.1 Å². The molecule has 0 atom stereocenters. The SMILES string of the molecule is Cc1cc(OCC(=O)Nc2cc(Cl)cc(Cl)c2)ccc1/C=N/NC(=O)c1ccc(O)c(Cl)c1. The molecule has 0 bridgehead atoms. The number of hydrazone groups is 1. The maximum Gasteiger partial charge on any atom is 0.271 e. The molecule has 0 heterocycles. The van der Waals surface area contributed by atoms with Gasteiger partial charge in [0, 0.05) is 21.3 Å². The molecule has 0 aliphatic heterocycles. The second kappa shape index (κ2) is 11.0. The Bertz CT molecular complexity index is 1210. The normalized spacial score (nSPS) is 10.8. The molecule has 3 N–H and O–H groups in total. The number of phenolic OH excluding ortho intramolecular Hbond substituents is 1. The van der Waals surface area contributed by atoms with Gasteiger partial charge in [0.05, 0.1) is 11.2 Å². The van der Waals surface area contributed by atoms with Gasteiger partial charge in [-0.05, 0) is 72.6 Å². The van der Waals surface area contributed by atoms with E-state index >= 15 is 0 Å². The van der Waals surface area contributed by atoms with Crippen molar-refractivity contribution in [2.45, 2.75) is 6.92 Å². The highest BCUT2D eigenvalue weighted by molar-refractivity contribution is 6.35. The Morgan fingerprint density at radius 2 is 1.76 bits per heavy atom. The van der Waals surface area contributed by atoms with Crippen LogP contribution in [0.5, 0.6) is 11.5 Å². The maximum atomic E-state index is 12.1. The molecule has 33 heavy (non-hydrogen) atoms. The van der Waals surface area contributed by atoms with Gasteiger partial charge in [0.2, 0.25) is 0 Å². The summed E-state index contributed by atoms with van der Waals surface area (Å²) in [5.74, 6) is -0.459. The van der Waals surface area contributed by atoms with Crippen LogP contribution in [0.3, 0.4) is 0 Å². The van der Waals surface area contributed by atoms with Crippen molar-refractivity contribution in [3.05, 3.63) is 86.4 Å². The number of ether oxygens (including phenoxy) is 1. The summed E-state index contributed by atoms with van der Waals surface area (Å²) in [5.41, 5.74) is 4.68. The summed E-state index contributed by atoms with van der Waals surface area (Å²) < 4.78 is 5.53. The van der Waals surface area contributed by atoms with Gasteiger partial charge in [0.1, 0.15) is 11.5 Å². The number of hydrogen-bond acceptors (Lipinski definition) is 5. The number of aryl methyl sites for hydroxylation is 1. The number of carbonyl (C=O) groups excluding carboxylic acids is 2. The second-order valence-corrected chi connectivity index (χ2v) is 8.16. The fourth-order valence-electron chi connectivity index (χ4n) is 2.73. The van der Waals surface area contributed by atoms with Crippen LogP contribution in [0.4, 0.5) is 5.69 Å². The van der Waals surface area contributed by atoms with Gasteiger partial charge in [-0.25, -0.2) is 5.43 Å². The summed E-state index contributed by atoms with van der Waals surface area (Å²) in [6.45, 7) is 1.63. The summed E-state index contributed by atoms with van der Waals surface area (Å²) in [7, 11) is 0. The maximum absolute atomic E-state index is 12.1. The summed E-state index contributed by atoms with van der Waals surface area (Å²) >= 11 is 17.6. The zero-order chi connectivity index (χ0) is 24.0. The summed E-state index contributed by atoms with van der Waals surface area (Å²) in [6.07, 6.45) is 1.48. The van der Waals surface area contributed by atoms with Crippen molar-refractivity contribution < 1.29 is 19.4 Å². The molecule has 2 amide bonds. The van der Waals surface area contributed by atoms with Gasteiger partial charge in [-0.1, -0.05) is 34.8 Å². The molecule has 0 spiro atoms. The van der Waals surface area contributed by atoms with E-state index in [1.807, 2.05) is 6.92 Å². The van der Waals surface area contributed by atoms with Crippen molar-refractivity contribution in [3.8, 4) is 11.5 Å². The lowest BCUT2D eigenvalue weighted by atomic mass is 10.1. The van der Waals surface area contributed by atoms with Crippen molar-refractivity contribution in [1.29, 1.82) is 0 Å². The Morgan fingerprint density at radius 1 is 1.03 bits per heavy atom. The van der Waals surface area contributed by atoms with Crippen LogP contribution in [0.25, 0.3) is 0 Å². The number of anilines is 1. The quantitative estimate of drug-likeness (QED) is 0.293. The molecule has 0 unspecified atom stereocenters. The van der Waals surface area contributed by atoms with Crippen LogP contribution in [-0.4, -0.2) is 29.7 Å². The van der Waals surface area contributed by atoms with Gasteiger partial charge in [0.15, 0.2) is 6.61 Å². The fourth-order valence-corrected chi connectivity index (χ4v) is 3.43.